The van der Waals surface area contributed by atoms with Crippen molar-refractivity contribution < 1.29 is 13.2 Å². The van der Waals surface area contributed by atoms with Gasteiger partial charge in [-0.25, -0.2) is 8.42 Å². The SMILES string of the molecule is CC[C@H](C(=O)NCCc1ccccc1)N(c1ccc(C)cc1)S(C)(=O)=O. The van der Waals surface area contributed by atoms with Crippen LogP contribution in [0.2, 0.25) is 0 Å². The van der Waals surface area contributed by atoms with Gasteiger partial charge in [0.2, 0.25) is 15.9 Å². The highest BCUT2D eigenvalue weighted by Crippen LogP contribution is 2.22. The van der Waals surface area contributed by atoms with Crippen LogP contribution in [0.25, 0.3) is 0 Å². The molecule has 26 heavy (non-hydrogen) atoms. The summed E-state index contributed by atoms with van der Waals surface area (Å²) < 4.78 is 25.9. The van der Waals surface area contributed by atoms with Crippen LogP contribution >= 0.6 is 0 Å². The minimum atomic E-state index is -3.59. The van der Waals surface area contributed by atoms with Crippen molar-refractivity contribution >= 4 is 21.6 Å². The average Bonchev–Trinajstić information content (AvgIpc) is 2.60. The lowest BCUT2D eigenvalue weighted by atomic mass is 10.1. The number of rotatable bonds is 8. The fourth-order valence-corrected chi connectivity index (χ4v) is 4.06. The first-order chi connectivity index (χ1) is 12.3. The molecule has 0 aliphatic heterocycles. The molecular formula is C20H26N2O3S. The Morgan fingerprint density at radius 3 is 2.23 bits per heavy atom. The third-order valence-electron chi connectivity index (χ3n) is 4.17. The first kappa shape index (κ1) is 20.0. The van der Waals surface area contributed by atoms with Gasteiger partial charge in [0.05, 0.1) is 11.9 Å². The van der Waals surface area contributed by atoms with Crippen LogP contribution in [0.5, 0.6) is 0 Å². The second kappa shape index (κ2) is 8.85. The molecule has 2 aromatic rings. The van der Waals surface area contributed by atoms with E-state index < -0.39 is 16.1 Å². The molecule has 0 radical (unpaired) electrons. The highest BCUT2D eigenvalue weighted by molar-refractivity contribution is 7.92. The number of hydrogen-bond acceptors (Lipinski definition) is 3. The summed E-state index contributed by atoms with van der Waals surface area (Å²) in [4.78, 5) is 12.7. The van der Waals surface area contributed by atoms with Crippen LogP contribution in [0, 0.1) is 6.92 Å². The highest BCUT2D eigenvalue weighted by Gasteiger charge is 2.31. The number of sulfonamides is 1. The molecule has 140 valence electrons. The van der Waals surface area contributed by atoms with Crippen LogP contribution in [0.15, 0.2) is 54.6 Å². The van der Waals surface area contributed by atoms with E-state index in [9.17, 15) is 13.2 Å². The molecule has 0 fully saturated rings. The topological polar surface area (TPSA) is 66.5 Å². The Labute approximate surface area is 156 Å². The molecule has 6 heteroatoms. The maximum Gasteiger partial charge on any atom is 0.243 e. The lowest BCUT2D eigenvalue weighted by Gasteiger charge is -2.30. The number of nitrogens with one attached hydrogen (secondary N) is 1. The zero-order valence-electron chi connectivity index (χ0n) is 15.5. The molecule has 0 aliphatic rings. The number of carbonyl (C=O) groups excluding carboxylic acids is 1. The summed E-state index contributed by atoms with van der Waals surface area (Å²) in [5, 5.41) is 2.87. The quantitative estimate of drug-likeness (QED) is 0.773. The summed E-state index contributed by atoms with van der Waals surface area (Å²) in [6.45, 7) is 4.21. The van der Waals surface area contributed by atoms with Crippen LogP contribution in [0.1, 0.15) is 24.5 Å². The van der Waals surface area contributed by atoms with E-state index in [1.54, 1.807) is 12.1 Å². The number of nitrogens with zero attached hydrogens (tertiary/aromatic N) is 1. The Bertz CT molecular complexity index is 818. The predicted molar refractivity (Wildman–Crippen MR) is 106 cm³/mol. The van der Waals surface area contributed by atoms with Crippen molar-refractivity contribution in [2.24, 2.45) is 0 Å². The number of amides is 1. The monoisotopic (exact) mass is 374 g/mol. The Morgan fingerprint density at radius 2 is 1.69 bits per heavy atom. The van der Waals surface area contributed by atoms with Crippen molar-refractivity contribution in [2.45, 2.75) is 32.7 Å². The second-order valence-corrected chi connectivity index (χ2v) is 8.20. The Balaban J connectivity index is 2.13. The third kappa shape index (κ3) is 5.33. The van der Waals surface area contributed by atoms with Crippen molar-refractivity contribution in [3.63, 3.8) is 0 Å². The molecule has 0 aromatic heterocycles. The molecule has 0 bridgehead atoms. The van der Waals surface area contributed by atoms with Gasteiger partial charge in [-0.15, -0.1) is 0 Å². The van der Waals surface area contributed by atoms with Crippen molar-refractivity contribution in [1.82, 2.24) is 5.32 Å². The van der Waals surface area contributed by atoms with Gasteiger partial charge in [-0.1, -0.05) is 55.0 Å². The maximum atomic E-state index is 12.7. The first-order valence-electron chi connectivity index (χ1n) is 8.70. The van der Waals surface area contributed by atoms with Gasteiger partial charge in [0.25, 0.3) is 0 Å². The van der Waals surface area contributed by atoms with Crippen LogP contribution < -0.4 is 9.62 Å². The molecule has 0 saturated heterocycles. The first-order valence-corrected chi connectivity index (χ1v) is 10.6. The Morgan fingerprint density at radius 1 is 1.08 bits per heavy atom. The number of carbonyl (C=O) groups is 1. The van der Waals surface area contributed by atoms with E-state index in [0.717, 1.165) is 17.4 Å². The minimum absolute atomic E-state index is 0.283. The van der Waals surface area contributed by atoms with Gasteiger partial charge in [0.1, 0.15) is 6.04 Å². The molecule has 2 aromatic carbocycles. The van der Waals surface area contributed by atoms with Crippen molar-refractivity contribution in [2.75, 3.05) is 17.1 Å². The van der Waals surface area contributed by atoms with Gasteiger partial charge < -0.3 is 5.32 Å². The molecule has 1 N–H and O–H groups in total. The van der Waals surface area contributed by atoms with Gasteiger partial charge in [-0.3, -0.25) is 9.10 Å². The van der Waals surface area contributed by atoms with Crippen LogP contribution in [0.4, 0.5) is 5.69 Å². The summed E-state index contributed by atoms with van der Waals surface area (Å²) in [6, 6.07) is 16.2. The van der Waals surface area contributed by atoms with E-state index in [1.165, 1.54) is 4.31 Å². The van der Waals surface area contributed by atoms with Gasteiger partial charge in [0.15, 0.2) is 0 Å². The zero-order valence-corrected chi connectivity index (χ0v) is 16.3. The summed E-state index contributed by atoms with van der Waals surface area (Å²) >= 11 is 0. The molecule has 1 amide bonds. The predicted octanol–water partition coefficient (Wildman–Crippen LogP) is 2.90. The molecule has 0 aliphatic carbocycles. The zero-order chi connectivity index (χ0) is 19.2. The number of hydrogen-bond donors (Lipinski definition) is 1. The molecule has 0 heterocycles. The molecule has 0 unspecified atom stereocenters. The summed E-state index contributed by atoms with van der Waals surface area (Å²) in [5.41, 5.74) is 2.66. The number of benzene rings is 2. The number of aryl methyl sites for hydroxylation is 1. The maximum absolute atomic E-state index is 12.7. The third-order valence-corrected chi connectivity index (χ3v) is 5.35. The molecule has 1 atom stereocenters. The van der Waals surface area contributed by atoms with Crippen LogP contribution in [-0.4, -0.2) is 33.2 Å². The molecule has 5 nitrogen and oxygen atoms in total. The standard InChI is InChI=1S/C20H26N2O3S/c1-4-19(20(23)21-15-14-17-8-6-5-7-9-17)22(26(3,24)25)18-12-10-16(2)11-13-18/h5-13,19H,4,14-15H2,1-3H3,(H,21,23)/t19-/m1/s1. The smallest absolute Gasteiger partial charge is 0.243 e. The lowest BCUT2D eigenvalue weighted by Crippen LogP contribution is -2.49. The minimum Gasteiger partial charge on any atom is -0.354 e. The highest BCUT2D eigenvalue weighted by atomic mass is 32.2. The van der Waals surface area contributed by atoms with Gasteiger partial charge >= 0.3 is 0 Å². The van der Waals surface area contributed by atoms with Gasteiger partial charge in [-0.2, -0.15) is 0 Å². The van der Waals surface area contributed by atoms with Crippen molar-refractivity contribution in [3.8, 4) is 0 Å². The average molecular weight is 375 g/mol. The summed E-state index contributed by atoms with van der Waals surface area (Å²) in [5.74, 6) is -0.283. The van der Waals surface area contributed by atoms with E-state index in [0.29, 0.717) is 25.1 Å². The number of anilines is 1. The van der Waals surface area contributed by atoms with E-state index in [-0.39, 0.29) is 5.91 Å². The summed E-state index contributed by atoms with van der Waals surface area (Å²) in [6.07, 6.45) is 2.22. The van der Waals surface area contributed by atoms with E-state index in [1.807, 2.05) is 56.3 Å². The van der Waals surface area contributed by atoms with E-state index >= 15 is 0 Å². The Kier molecular flexibility index (Phi) is 6.80. The summed E-state index contributed by atoms with van der Waals surface area (Å²) in [7, 11) is -3.59. The van der Waals surface area contributed by atoms with Crippen LogP contribution in [0.3, 0.4) is 0 Å². The second-order valence-electron chi connectivity index (χ2n) is 6.35. The molecule has 0 spiro atoms. The normalized spacial score (nSPS) is 12.4. The fraction of sp³-hybridized carbons (Fsp3) is 0.350. The van der Waals surface area contributed by atoms with Crippen molar-refractivity contribution in [3.05, 3.63) is 65.7 Å². The molecule has 2 rings (SSSR count). The van der Waals surface area contributed by atoms with Crippen molar-refractivity contribution in [1.29, 1.82) is 0 Å². The largest absolute Gasteiger partial charge is 0.354 e. The van der Waals surface area contributed by atoms with Gasteiger partial charge in [-0.05, 0) is 37.5 Å². The van der Waals surface area contributed by atoms with E-state index in [2.05, 4.69) is 5.32 Å². The van der Waals surface area contributed by atoms with Crippen LogP contribution in [-0.2, 0) is 21.2 Å². The molecular weight excluding hydrogens is 348 g/mol. The molecule has 0 saturated carbocycles. The lowest BCUT2D eigenvalue weighted by molar-refractivity contribution is -0.122. The fourth-order valence-electron chi connectivity index (χ4n) is 2.84. The Hall–Kier alpha value is -2.34. The van der Waals surface area contributed by atoms with E-state index in [4.69, 9.17) is 0 Å². The van der Waals surface area contributed by atoms with Gasteiger partial charge in [0, 0.05) is 6.54 Å².